The van der Waals surface area contributed by atoms with Gasteiger partial charge in [-0.15, -0.1) is 16.4 Å². The van der Waals surface area contributed by atoms with Crippen molar-refractivity contribution >= 4 is 28.8 Å². The van der Waals surface area contributed by atoms with Crippen LogP contribution in [0.25, 0.3) is 16.8 Å². The fourth-order valence-electron chi connectivity index (χ4n) is 2.77. The van der Waals surface area contributed by atoms with Gasteiger partial charge in [0.15, 0.2) is 0 Å². The Balaban J connectivity index is 1.47. The summed E-state index contributed by atoms with van der Waals surface area (Å²) in [5.41, 5.74) is 1.53. The predicted octanol–water partition coefficient (Wildman–Crippen LogP) is 1.97. The van der Waals surface area contributed by atoms with Gasteiger partial charge in [-0.25, -0.2) is 9.48 Å². The fourth-order valence-corrected chi connectivity index (χ4v) is 3.73. The second-order valence-electron chi connectivity index (χ2n) is 6.36. The Hall–Kier alpha value is -3.50. The molecule has 1 aromatic carbocycles. The van der Waals surface area contributed by atoms with Crippen molar-refractivity contribution in [3.63, 3.8) is 0 Å². The maximum absolute atomic E-state index is 12.3. The van der Waals surface area contributed by atoms with Gasteiger partial charge in [0.25, 0.3) is 11.5 Å². The van der Waals surface area contributed by atoms with Crippen LogP contribution in [0.4, 0.5) is 0 Å². The summed E-state index contributed by atoms with van der Waals surface area (Å²) in [4.78, 5) is 38.9. The number of thiophene rings is 1. The van der Waals surface area contributed by atoms with E-state index in [9.17, 15) is 14.4 Å². The minimum Gasteiger partial charge on any atom is -0.346 e. The van der Waals surface area contributed by atoms with E-state index in [1.54, 1.807) is 47.3 Å². The lowest BCUT2D eigenvalue weighted by molar-refractivity contribution is 0.0954. The molecule has 9 nitrogen and oxygen atoms in total. The Morgan fingerprint density at radius 2 is 1.97 bits per heavy atom. The third-order valence-corrected chi connectivity index (χ3v) is 5.62. The van der Waals surface area contributed by atoms with Gasteiger partial charge in [-0.05, 0) is 29.8 Å². The van der Waals surface area contributed by atoms with Crippen LogP contribution in [0.5, 0.6) is 0 Å². The molecule has 152 valence electrons. The van der Waals surface area contributed by atoms with Gasteiger partial charge in [0.2, 0.25) is 0 Å². The Bertz CT molecular complexity index is 1340. The second kappa shape index (κ2) is 8.09. The Kier molecular flexibility index (Phi) is 5.34. The molecule has 0 saturated heterocycles. The summed E-state index contributed by atoms with van der Waals surface area (Å²) in [7, 11) is 1.42. The average molecular weight is 443 g/mol. The molecule has 3 aromatic heterocycles. The molecule has 30 heavy (non-hydrogen) atoms. The molecule has 0 unspecified atom stereocenters. The van der Waals surface area contributed by atoms with E-state index in [0.717, 1.165) is 10.3 Å². The SMILES string of the molecule is Cn1c(=O)[nH]cc(-c2ccc(-n3cc(CNC(=O)c4ccc(Cl)s4)nn3)cc2)c1=O. The number of aromatic amines is 1. The van der Waals surface area contributed by atoms with Crippen LogP contribution in [-0.4, -0.2) is 30.5 Å². The summed E-state index contributed by atoms with van der Waals surface area (Å²) in [6.45, 7) is 0.222. The smallest absolute Gasteiger partial charge is 0.328 e. The summed E-state index contributed by atoms with van der Waals surface area (Å²) < 4.78 is 3.14. The molecule has 0 bridgehead atoms. The van der Waals surface area contributed by atoms with Crippen LogP contribution in [0.2, 0.25) is 4.34 Å². The molecule has 3 heterocycles. The van der Waals surface area contributed by atoms with Gasteiger partial charge in [0.05, 0.1) is 33.2 Å². The van der Waals surface area contributed by atoms with Crippen molar-refractivity contribution in [2.75, 3.05) is 0 Å². The molecule has 0 aliphatic carbocycles. The Labute approximate surface area is 178 Å². The van der Waals surface area contributed by atoms with Gasteiger partial charge >= 0.3 is 5.69 Å². The molecule has 0 spiro atoms. The van der Waals surface area contributed by atoms with Gasteiger partial charge in [-0.1, -0.05) is 28.9 Å². The first kappa shape index (κ1) is 19.8. The first-order valence-corrected chi connectivity index (χ1v) is 9.96. The lowest BCUT2D eigenvalue weighted by atomic mass is 10.1. The van der Waals surface area contributed by atoms with Crippen LogP contribution in [0.1, 0.15) is 15.4 Å². The summed E-state index contributed by atoms with van der Waals surface area (Å²) in [5.74, 6) is -0.228. The lowest BCUT2D eigenvalue weighted by Crippen LogP contribution is -2.32. The first-order valence-electron chi connectivity index (χ1n) is 8.76. The number of H-pyrrole nitrogens is 1. The number of carbonyl (C=O) groups excluding carboxylic acids is 1. The first-order chi connectivity index (χ1) is 14.4. The maximum atomic E-state index is 12.3. The highest BCUT2D eigenvalue weighted by atomic mass is 35.5. The minimum absolute atomic E-state index is 0.222. The molecule has 1 amide bonds. The van der Waals surface area contributed by atoms with Crippen molar-refractivity contribution in [2.24, 2.45) is 7.05 Å². The molecule has 0 fully saturated rings. The zero-order chi connectivity index (χ0) is 21.3. The van der Waals surface area contributed by atoms with Crippen molar-refractivity contribution in [2.45, 2.75) is 6.54 Å². The molecular weight excluding hydrogens is 428 g/mol. The summed E-state index contributed by atoms with van der Waals surface area (Å²) in [6, 6.07) is 10.4. The van der Waals surface area contributed by atoms with Gasteiger partial charge in [0.1, 0.15) is 5.69 Å². The number of nitrogens with one attached hydrogen (secondary N) is 2. The number of hydrogen-bond donors (Lipinski definition) is 2. The van der Waals surface area contributed by atoms with Crippen molar-refractivity contribution in [1.29, 1.82) is 0 Å². The van der Waals surface area contributed by atoms with Crippen LogP contribution >= 0.6 is 22.9 Å². The standard InChI is InChI=1S/C19H15ClN6O3S/c1-25-18(28)14(9-22-19(25)29)11-2-4-13(5-3-11)26-10-12(23-24-26)8-21-17(27)15-6-7-16(20)30-15/h2-7,9-10H,8H2,1H3,(H,21,27)(H,22,29). The van der Waals surface area contributed by atoms with Crippen LogP contribution in [-0.2, 0) is 13.6 Å². The van der Waals surface area contributed by atoms with Gasteiger partial charge in [-0.2, -0.15) is 0 Å². The number of rotatable bonds is 5. The molecular formula is C19H15ClN6O3S. The van der Waals surface area contributed by atoms with E-state index in [2.05, 4.69) is 20.6 Å². The lowest BCUT2D eigenvalue weighted by Gasteiger charge is -2.05. The second-order valence-corrected chi connectivity index (χ2v) is 8.07. The van der Waals surface area contributed by atoms with Crippen molar-refractivity contribution in [3.05, 3.63) is 84.5 Å². The van der Waals surface area contributed by atoms with E-state index in [1.165, 1.54) is 24.6 Å². The molecule has 0 saturated carbocycles. The quantitative estimate of drug-likeness (QED) is 0.490. The third kappa shape index (κ3) is 3.95. The average Bonchev–Trinajstić information content (AvgIpc) is 3.40. The molecule has 4 rings (SSSR count). The molecule has 11 heteroatoms. The van der Waals surface area contributed by atoms with E-state index in [-0.39, 0.29) is 18.0 Å². The van der Waals surface area contributed by atoms with E-state index in [4.69, 9.17) is 11.6 Å². The summed E-state index contributed by atoms with van der Waals surface area (Å²) >= 11 is 7.05. The fraction of sp³-hybridized carbons (Fsp3) is 0.105. The highest BCUT2D eigenvalue weighted by Crippen LogP contribution is 2.21. The van der Waals surface area contributed by atoms with Crippen molar-refractivity contribution in [3.8, 4) is 16.8 Å². The largest absolute Gasteiger partial charge is 0.346 e. The minimum atomic E-state index is -0.468. The monoisotopic (exact) mass is 442 g/mol. The highest BCUT2D eigenvalue weighted by Gasteiger charge is 2.11. The van der Waals surface area contributed by atoms with Crippen molar-refractivity contribution < 1.29 is 4.79 Å². The molecule has 0 radical (unpaired) electrons. The van der Waals surface area contributed by atoms with E-state index in [1.807, 2.05) is 0 Å². The zero-order valence-corrected chi connectivity index (χ0v) is 17.2. The number of carbonyl (C=O) groups is 1. The summed E-state index contributed by atoms with van der Waals surface area (Å²) in [5, 5.41) is 10.9. The highest BCUT2D eigenvalue weighted by molar-refractivity contribution is 7.17. The van der Waals surface area contributed by atoms with Gasteiger partial charge in [-0.3, -0.25) is 14.2 Å². The normalized spacial score (nSPS) is 10.9. The third-order valence-electron chi connectivity index (χ3n) is 4.39. The molecule has 0 aliphatic rings. The van der Waals surface area contributed by atoms with Crippen LogP contribution in [0.3, 0.4) is 0 Å². The molecule has 0 atom stereocenters. The topological polar surface area (TPSA) is 115 Å². The van der Waals surface area contributed by atoms with Crippen LogP contribution < -0.4 is 16.6 Å². The number of hydrogen-bond acceptors (Lipinski definition) is 6. The van der Waals surface area contributed by atoms with Crippen LogP contribution in [0, 0.1) is 0 Å². The van der Waals surface area contributed by atoms with E-state index >= 15 is 0 Å². The Morgan fingerprint density at radius 3 is 2.67 bits per heavy atom. The van der Waals surface area contributed by atoms with Gasteiger partial charge < -0.3 is 10.3 Å². The number of halogens is 1. The van der Waals surface area contributed by atoms with E-state index < -0.39 is 5.69 Å². The molecule has 4 aromatic rings. The zero-order valence-electron chi connectivity index (χ0n) is 15.6. The number of benzene rings is 1. The maximum Gasteiger partial charge on any atom is 0.328 e. The number of amides is 1. The van der Waals surface area contributed by atoms with Crippen molar-refractivity contribution in [1.82, 2.24) is 29.9 Å². The van der Waals surface area contributed by atoms with Gasteiger partial charge in [0, 0.05) is 13.2 Å². The van der Waals surface area contributed by atoms with E-state index in [0.29, 0.717) is 26.0 Å². The molecule has 2 N–H and O–H groups in total. The summed E-state index contributed by atoms with van der Waals surface area (Å²) in [6.07, 6.45) is 3.10. The number of aromatic nitrogens is 5. The Morgan fingerprint density at radius 1 is 1.20 bits per heavy atom. The predicted molar refractivity (Wildman–Crippen MR) is 113 cm³/mol. The van der Waals surface area contributed by atoms with Crippen LogP contribution in [0.15, 0.2) is 58.4 Å². The molecule has 0 aliphatic heterocycles. The number of nitrogens with zero attached hydrogens (tertiary/aromatic N) is 4.